The number of aryl methyl sites for hydroxylation is 2. The summed E-state index contributed by atoms with van der Waals surface area (Å²) in [6.45, 7) is 6.94. The average molecular weight is 403 g/mol. The number of likely N-dealkylation sites (tertiary alicyclic amines) is 1. The molecule has 0 atom stereocenters. The molecular weight excluding hydrogens is 376 g/mol. The minimum Gasteiger partial charge on any atom is -0.383 e. The molecule has 4 aromatic rings. The lowest BCUT2D eigenvalue weighted by atomic mass is 10.0. The molecule has 1 aliphatic heterocycles. The van der Waals surface area contributed by atoms with E-state index in [1.54, 1.807) is 0 Å². The lowest BCUT2D eigenvalue weighted by Crippen LogP contribution is -2.39. The summed E-state index contributed by atoms with van der Waals surface area (Å²) >= 11 is 0. The van der Waals surface area contributed by atoms with Crippen molar-refractivity contribution in [3.63, 3.8) is 0 Å². The van der Waals surface area contributed by atoms with E-state index in [0.29, 0.717) is 23.5 Å². The van der Waals surface area contributed by atoms with Crippen LogP contribution in [0.1, 0.15) is 29.7 Å². The SMILES string of the molecule is Cc1cc(C)c2c(N)nc(NC3CCN(Cc4cccc5cn[nH]c45)CC3)nc2n1. The quantitative estimate of drug-likeness (QED) is 0.481. The summed E-state index contributed by atoms with van der Waals surface area (Å²) in [7, 11) is 0. The molecule has 1 aliphatic rings. The van der Waals surface area contributed by atoms with E-state index in [2.05, 4.69) is 53.6 Å². The van der Waals surface area contributed by atoms with E-state index in [-0.39, 0.29) is 0 Å². The number of para-hydroxylation sites is 1. The van der Waals surface area contributed by atoms with Gasteiger partial charge in [0, 0.05) is 36.8 Å². The van der Waals surface area contributed by atoms with E-state index in [1.807, 2.05) is 26.1 Å². The third kappa shape index (κ3) is 3.54. The number of pyridine rings is 1. The van der Waals surface area contributed by atoms with Crippen LogP contribution in [0.15, 0.2) is 30.5 Å². The van der Waals surface area contributed by atoms with Crippen molar-refractivity contribution in [2.45, 2.75) is 39.3 Å². The molecule has 0 unspecified atom stereocenters. The number of nitrogens with zero attached hydrogens (tertiary/aromatic N) is 5. The standard InChI is InChI=1S/C22H26N8/c1-13-10-14(2)25-21-18(13)20(23)27-22(28-21)26-17-6-8-30(9-7-17)12-16-5-3-4-15-11-24-29-19(15)16/h3-5,10-11,17H,6-9,12H2,1-2H3,(H,24,29)(H3,23,25,26,27,28). The molecule has 0 bridgehead atoms. The Bertz CT molecular complexity index is 1210. The van der Waals surface area contributed by atoms with E-state index in [1.165, 1.54) is 5.56 Å². The number of H-pyrrole nitrogens is 1. The van der Waals surface area contributed by atoms with Crippen LogP contribution in [0.3, 0.4) is 0 Å². The van der Waals surface area contributed by atoms with Crippen LogP contribution in [-0.2, 0) is 6.54 Å². The van der Waals surface area contributed by atoms with Gasteiger partial charge in [0.15, 0.2) is 5.65 Å². The maximum atomic E-state index is 6.21. The number of nitrogens with one attached hydrogen (secondary N) is 2. The van der Waals surface area contributed by atoms with Crippen LogP contribution >= 0.6 is 0 Å². The molecule has 0 spiro atoms. The number of nitrogen functional groups attached to an aromatic ring is 1. The monoisotopic (exact) mass is 402 g/mol. The fraction of sp³-hybridized carbons (Fsp3) is 0.364. The summed E-state index contributed by atoms with van der Waals surface area (Å²) < 4.78 is 0. The van der Waals surface area contributed by atoms with Gasteiger partial charge in [-0.25, -0.2) is 4.98 Å². The summed E-state index contributed by atoms with van der Waals surface area (Å²) in [5.74, 6) is 1.05. The van der Waals surface area contributed by atoms with Gasteiger partial charge in [-0.3, -0.25) is 10.00 Å². The van der Waals surface area contributed by atoms with Crippen molar-refractivity contribution >= 4 is 33.7 Å². The van der Waals surface area contributed by atoms with E-state index < -0.39 is 0 Å². The van der Waals surface area contributed by atoms with Crippen molar-refractivity contribution in [1.29, 1.82) is 0 Å². The molecular formula is C22H26N8. The number of benzene rings is 1. The highest BCUT2D eigenvalue weighted by atomic mass is 15.2. The Hall–Kier alpha value is -3.26. The molecule has 0 radical (unpaired) electrons. The smallest absolute Gasteiger partial charge is 0.226 e. The second-order valence-electron chi connectivity index (χ2n) is 8.16. The molecule has 3 aromatic heterocycles. The van der Waals surface area contributed by atoms with E-state index in [9.17, 15) is 0 Å². The van der Waals surface area contributed by atoms with Gasteiger partial charge in [-0.05, 0) is 43.9 Å². The second kappa shape index (κ2) is 7.53. The third-order valence-electron chi connectivity index (χ3n) is 5.90. The Morgan fingerprint density at radius 1 is 1.17 bits per heavy atom. The number of rotatable bonds is 4. The molecule has 0 aliphatic carbocycles. The Labute approximate surface area is 174 Å². The molecule has 30 heavy (non-hydrogen) atoms. The zero-order valence-corrected chi connectivity index (χ0v) is 17.3. The first-order valence-corrected chi connectivity index (χ1v) is 10.4. The normalized spacial score (nSPS) is 15.8. The van der Waals surface area contributed by atoms with Crippen molar-refractivity contribution in [2.75, 3.05) is 24.1 Å². The highest BCUT2D eigenvalue weighted by Crippen LogP contribution is 2.24. The van der Waals surface area contributed by atoms with Gasteiger partial charge in [0.2, 0.25) is 5.95 Å². The third-order valence-corrected chi connectivity index (χ3v) is 5.90. The molecule has 4 heterocycles. The number of fused-ring (bicyclic) bond motifs is 2. The van der Waals surface area contributed by atoms with Crippen LogP contribution in [0.5, 0.6) is 0 Å². The minimum atomic E-state index is 0.326. The first kappa shape index (κ1) is 18.7. The maximum absolute atomic E-state index is 6.21. The molecule has 154 valence electrons. The molecule has 4 N–H and O–H groups in total. The molecule has 0 saturated carbocycles. The fourth-order valence-electron chi connectivity index (χ4n) is 4.40. The Balaban J connectivity index is 1.26. The van der Waals surface area contributed by atoms with Crippen LogP contribution in [-0.4, -0.2) is 49.2 Å². The summed E-state index contributed by atoms with van der Waals surface area (Å²) in [4.78, 5) is 16.1. The van der Waals surface area contributed by atoms with Gasteiger partial charge in [0.1, 0.15) is 5.82 Å². The van der Waals surface area contributed by atoms with Crippen LogP contribution in [0.25, 0.3) is 21.9 Å². The van der Waals surface area contributed by atoms with Crippen molar-refractivity contribution < 1.29 is 0 Å². The number of hydrogen-bond acceptors (Lipinski definition) is 7. The van der Waals surface area contributed by atoms with Crippen LogP contribution in [0.2, 0.25) is 0 Å². The number of aromatic amines is 1. The van der Waals surface area contributed by atoms with Crippen LogP contribution in [0.4, 0.5) is 11.8 Å². The summed E-state index contributed by atoms with van der Waals surface area (Å²) in [6, 6.07) is 8.70. The van der Waals surface area contributed by atoms with E-state index in [0.717, 1.165) is 60.0 Å². The lowest BCUT2D eigenvalue weighted by molar-refractivity contribution is 0.211. The predicted octanol–water partition coefficient (Wildman–Crippen LogP) is 3.18. The van der Waals surface area contributed by atoms with Crippen LogP contribution in [0, 0.1) is 13.8 Å². The number of aromatic nitrogens is 5. The number of nitrogens with two attached hydrogens (primary N) is 1. The van der Waals surface area contributed by atoms with Crippen molar-refractivity contribution in [1.82, 2.24) is 30.0 Å². The van der Waals surface area contributed by atoms with Crippen LogP contribution < -0.4 is 11.1 Å². The molecule has 1 saturated heterocycles. The topological polar surface area (TPSA) is 109 Å². The summed E-state index contributed by atoms with van der Waals surface area (Å²) in [5, 5.41) is 12.8. The van der Waals surface area contributed by atoms with Gasteiger partial charge >= 0.3 is 0 Å². The Kier molecular flexibility index (Phi) is 4.71. The highest BCUT2D eigenvalue weighted by molar-refractivity contribution is 5.89. The molecule has 1 fully saturated rings. The van der Waals surface area contributed by atoms with Crippen molar-refractivity contribution in [3.05, 3.63) is 47.3 Å². The zero-order chi connectivity index (χ0) is 20.7. The Morgan fingerprint density at radius 3 is 2.83 bits per heavy atom. The zero-order valence-electron chi connectivity index (χ0n) is 17.3. The van der Waals surface area contributed by atoms with Gasteiger partial charge in [0.05, 0.1) is 17.1 Å². The van der Waals surface area contributed by atoms with Crippen molar-refractivity contribution in [3.8, 4) is 0 Å². The fourth-order valence-corrected chi connectivity index (χ4v) is 4.40. The molecule has 8 nitrogen and oxygen atoms in total. The first-order valence-electron chi connectivity index (χ1n) is 10.4. The largest absolute Gasteiger partial charge is 0.383 e. The van der Waals surface area contributed by atoms with Gasteiger partial charge in [0.25, 0.3) is 0 Å². The summed E-state index contributed by atoms with van der Waals surface area (Å²) in [5.41, 5.74) is 11.3. The predicted molar refractivity (Wildman–Crippen MR) is 119 cm³/mol. The van der Waals surface area contributed by atoms with Crippen molar-refractivity contribution in [2.24, 2.45) is 0 Å². The highest BCUT2D eigenvalue weighted by Gasteiger charge is 2.21. The number of piperidine rings is 1. The second-order valence-corrected chi connectivity index (χ2v) is 8.16. The average Bonchev–Trinajstić information content (AvgIpc) is 3.18. The summed E-state index contributed by atoms with van der Waals surface area (Å²) in [6.07, 6.45) is 3.93. The minimum absolute atomic E-state index is 0.326. The number of anilines is 2. The number of hydrogen-bond donors (Lipinski definition) is 3. The van der Waals surface area contributed by atoms with Gasteiger partial charge in [-0.1, -0.05) is 18.2 Å². The van der Waals surface area contributed by atoms with Gasteiger partial charge in [-0.15, -0.1) is 0 Å². The molecule has 0 amide bonds. The maximum Gasteiger partial charge on any atom is 0.226 e. The first-order chi connectivity index (χ1) is 14.6. The Morgan fingerprint density at radius 2 is 2.00 bits per heavy atom. The lowest BCUT2D eigenvalue weighted by Gasteiger charge is -2.32. The van der Waals surface area contributed by atoms with E-state index >= 15 is 0 Å². The van der Waals surface area contributed by atoms with E-state index in [4.69, 9.17) is 5.73 Å². The molecule has 8 heteroatoms. The molecule has 1 aromatic carbocycles. The van der Waals surface area contributed by atoms with Gasteiger partial charge in [-0.2, -0.15) is 15.1 Å². The molecule has 5 rings (SSSR count). The van der Waals surface area contributed by atoms with Gasteiger partial charge < -0.3 is 11.1 Å².